The molecule has 2 aromatic carbocycles. The lowest BCUT2D eigenvalue weighted by Crippen LogP contribution is -2.38. The van der Waals surface area contributed by atoms with Gasteiger partial charge in [0.25, 0.3) is 0 Å². The van der Waals surface area contributed by atoms with E-state index in [2.05, 4.69) is 0 Å². The molecule has 0 aromatic heterocycles. The normalized spacial score (nSPS) is 15.5. The summed E-state index contributed by atoms with van der Waals surface area (Å²) in [6.07, 6.45) is 2.63. The highest BCUT2D eigenvalue weighted by atomic mass is 35.5. The second-order valence-corrected chi connectivity index (χ2v) is 6.21. The summed E-state index contributed by atoms with van der Waals surface area (Å²) >= 11 is 12.4. The molecule has 0 unspecified atom stereocenters. The minimum atomic E-state index is -0.679. The van der Waals surface area contributed by atoms with E-state index in [-0.39, 0.29) is 22.4 Å². The summed E-state index contributed by atoms with van der Waals surface area (Å²) in [6.45, 7) is 1.70. The maximum atomic E-state index is 13.5. The highest BCUT2D eigenvalue weighted by Gasteiger charge is 2.17. The molecular weight excluding hydrogens is 368 g/mol. The van der Waals surface area contributed by atoms with Crippen LogP contribution in [0.5, 0.6) is 5.75 Å². The van der Waals surface area contributed by atoms with Crippen LogP contribution in [0.2, 0.25) is 10.0 Å². The molecule has 0 saturated carbocycles. The Kier molecular flexibility index (Phi) is 4.99. The fourth-order valence-corrected chi connectivity index (χ4v) is 3.23. The zero-order chi connectivity index (χ0) is 18.1. The van der Waals surface area contributed by atoms with Crippen LogP contribution in [0.4, 0.5) is 4.39 Å². The van der Waals surface area contributed by atoms with Gasteiger partial charge in [-0.2, -0.15) is 0 Å². The van der Waals surface area contributed by atoms with Crippen LogP contribution < -0.4 is 20.9 Å². The molecule has 4 nitrogen and oxygen atoms in total. The lowest BCUT2D eigenvalue weighted by Gasteiger charge is -2.17. The average molecular weight is 382 g/mol. The summed E-state index contributed by atoms with van der Waals surface area (Å²) < 4.78 is 24.1. The van der Waals surface area contributed by atoms with Gasteiger partial charge in [-0.1, -0.05) is 30.1 Å². The first-order valence-corrected chi connectivity index (χ1v) is 8.28. The number of esters is 1. The number of nitrogens with two attached hydrogens (primary N) is 1. The Labute approximate surface area is 153 Å². The van der Waals surface area contributed by atoms with Crippen molar-refractivity contribution >= 4 is 41.5 Å². The minimum absolute atomic E-state index is 0.166. The maximum absolute atomic E-state index is 13.5. The molecule has 7 heteroatoms. The van der Waals surface area contributed by atoms with Gasteiger partial charge in [-0.15, -0.1) is 0 Å². The van der Waals surface area contributed by atoms with Crippen molar-refractivity contribution < 1.29 is 18.7 Å². The number of fused-ring (bicyclic) bond motifs is 1. The molecule has 1 aliphatic heterocycles. The summed E-state index contributed by atoms with van der Waals surface area (Å²) in [5.41, 5.74) is 6.93. The van der Waals surface area contributed by atoms with Gasteiger partial charge in [0.05, 0.1) is 21.5 Å². The van der Waals surface area contributed by atoms with E-state index in [0.29, 0.717) is 27.3 Å². The highest BCUT2D eigenvalue weighted by molar-refractivity contribution is 6.39. The van der Waals surface area contributed by atoms with Gasteiger partial charge in [-0.05, 0) is 41.1 Å². The van der Waals surface area contributed by atoms with E-state index < -0.39 is 12.0 Å². The van der Waals surface area contributed by atoms with Gasteiger partial charge in [-0.25, -0.2) is 4.39 Å². The molecule has 2 N–H and O–H groups in total. The lowest BCUT2D eigenvalue weighted by molar-refractivity contribution is -0.134. The number of carbonyl (C=O) groups is 1. The van der Waals surface area contributed by atoms with Gasteiger partial charge in [0.1, 0.15) is 11.6 Å². The van der Waals surface area contributed by atoms with E-state index in [9.17, 15) is 9.18 Å². The molecule has 1 atom stereocenters. The van der Waals surface area contributed by atoms with Crippen LogP contribution in [0.15, 0.2) is 24.3 Å². The van der Waals surface area contributed by atoms with Crippen LogP contribution in [0.1, 0.15) is 13.3 Å². The zero-order valence-electron chi connectivity index (χ0n) is 13.2. The first-order chi connectivity index (χ1) is 11.9. The van der Waals surface area contributed by atoms with Crippen molar-refractivity contribution in [3.8, 4) is 16.9 Å². The fourth-order valence-electron chi connectivity index (χ4n) is 2.57. The van der Waals surface area contributed by atoms with Gasteiger partial charge < -0.3 is 9.47 Å². The number of hydrogen-bond donors (Lipinski definition) is 1. The molecule has 1 aliphatic rings. The molecule has 0 radical (unpaired) electrons. The molecule has 130 valence electrons. The largest absolute Gasteiger partial charge is 0.479 e. The first-order valence-electron chi connectivity index (χ1n) is 7.52. The third-order valence-electron chi connectivity index (χ3n) is 3.71. The van der Waals surface area contributed by atoms with Gasteiger partial charge in [0, 0.05) is 12.0 Å². The number of rotatable bonds is 3. The number of benzene rings is 2. The van der Waals surface area contributed by atoms with Crippen molar-refractivity contribution in [3.63, 3.8) is 0 Å². The fraction of sp³-hybridized carbons (Fsp3) is 0.167. The number of carbonyl (C=O) groups excluding carboxylic acids is 1. The number of hydrogen-bond acceptors (Lipinski definition) is 4. The summed E-state index contributed by atoms with van der Waals surface area (Å²) in [7, 11) is 0. The lowest BCUT2D eigenvalue weighted by atomic mass is 10.00. The van der Waals surface area contributed by atoms with Crippen LogP contribution in [-0.2, 0) is 9.53 Å². The average Bonchev–Trinajstić information content (AvgIpc) is 2.55. The van der Waals surface area contributed by atoms with E-state index in [0.717, 1.165) is 0 Å². The Morgan fingerprint density at radius 3 is 2.60 bits per heavy atom. The van der Waals surface area contributed by atoms with Crippen molar-refractivity contribution in [2.24, 2.45) is 5.73 Å². The summed E-state index contributed by atoms with van der Waals surface area (Å²) in [4.78, 5) is 11.6. The van der Waals surface area contributed by atoms with Crippen molar-refractivity contribution in [2.75, 3.05) is 0 Å². The number of ether oxygens (including phenoxy) is 2. The molecule has 2 aromatic rings. The first kappa shape index (κ1) is 17.7. The Balaban J connectivity index is 2.28. The van der Waals surface area contributed by atoms with Crippen molar-refractivity contribution in [2.45, 2.75) is 19.6 Å². The summed E-state index contributed by atoms with van der Waals surface area (Å²) in [5.74, 6) is -0.573. The second-order valence-electron chi connectivity index (χ2n) is 5.40. The Morgan fingerprint density at radius 1 is 1.28 bits per heavy atom. The Bertz CT molecular complexity index is 952. The number of halogens is 3. The molecular formula is C18H14Cl2FNO3. The predicted molar refractivity (Wildman–Crippen MR) is 95.0 cm³/mol. The van der Waals surface area contributed by atoms with E-state index in [4.69, 9.17) is 38.4 Å². The summed E-state index contributed by atoms with van der Waals surface area (Å²) in [6, 6.07) is 5.68. The molecule has 1 heterocycles. The quantitative estimate of drug-likeness (QED) is 0.655. The molecule has 0 amide bonds. The topological polar surface area (TPSA) is 61.5 Å². The smallest absolute Gasteiger partial charge is 0.310 e. The van der Waals surface area contributed by atoms with E-state index in [1.165, 1.54) is 18.4 Å². The standard InChI is InChI=1S/C18H14Cl2FNO3/c1-2-17(23)25-15-4-3-10(11-7-16(22)24-8-12(11)15)18-13(19)5-9(21)6-14(18)20/h3-8,16H,2,22H2,1H3/t16-/m0/s1. The Hall–Kier alpha value is -2.08. The van der Waals surface area contributed by atoms with Gasteiger partial charge in [0.15, 0.2) is 6.23 Å². The molecule has 0 spiro atoms. The Morgan fingerprint density at radius 2 is 1.96 bits per heavy atom. The van der Waals surface area contributed by atoms with E-state index in [1.807, 2.05) is 0 Å². The van der Waals surface area contributed by atoms with Crippen LogP contribution in [0.25, 0.3) is 23.5 Å². The van der Waals surface area contributed by atoms with Gasteiger partial charge >= 0.3 is 5.97 Å². The van der Waals surface area contributed by atoms with Crippen LogP contribution in [0, 0.1) is 5.82 Å². The van der Waals surface area contributed by atoms with Crippen molar-refractivity contribution in [3.05, 3.63) is 50.6 Å². The monoisotopic (exact) mass is 381 g/mol. The minimum Gasteiger partial charge on any atom is -0.479 e. The highest BCUT2D eigenvalue weighted by Crippen LogP contribution is 2.34. The molecule has 0 fully saturated rings. The van der Waals surface area contributed by atoms with Crippen molar-refractivity contribution in [1.82, 2.24) is 0 Å². The maximum Gasteiger partial charge on any atom is 0.310 e. The molecule has 3 rings (SSSR count). The second kappa shape index (κ2) is 7.04. The molecule has 0 bridgehead atoms. The predicted octanol–water partition coefficient (Wildman–Crippen LogP) is 2.95. The third-order valence-corrected chi connectivity index (χ3v) is 4.31. The van der Waals surface area contributed by atoms with Gasteiger partial charge in [0.2, 0.25) is 0 Å². The van der Waals surface area contributed by atoms with Crippen LogP contribution >= 0.6 is 23.2 Å². The van der Waals surface area contributed by atoms with Crippen LogP contribution in [-0.4, -0.2) is 12.2 Å². The molecule has 0 saturated heterocycles. The SMILES string of the molecule is CCC(=O)Oc1ccc(-c2c(Cl)cc(F)cc2Cl)c2c1=CO[C@H](N)C=2. The summed E-state index contributed by atoms with van der Waals surface area (Å²) in [5, 5.41) is 1.52. The van der Waals surface area contributed by atoms with Crippen molar-refractivity contribution in [1.29, 1.82) is 0 Å². The third kappa shape index (κ3) is 3.49. The molecule has 25 heavy (non-hydrogen) atoms. The molecule has 0 aliphatic carbocycles. The van der Waals surface area contributed by atoms with Crippen LogP contribution in [0.3, 0.4) is 0 Å². The van der Waals surface area contributed by atoms with Gasteiger partial charge in [-0.3, -0.25) is 10.5 Å². The van der Waals surface area contributed by atoms with E-state index in [1.54, 1.807) is 25.1 Å². The van der Waals surface area contributed by atoms with E-state index >= 15 is 0 Å². The zero-order valence-corrected chi connectivity index (χ0v) is 14.7.